The van der Waals surface area contributed by atoms with E-state index in [0.29, 0.717) is 12.7 Å². The summed E-state index contributed by atoms with van der Waals surface area (Å²) in [5, 5.41) is 0. The van der Waals surface area contributed by atoms with Gasteiger partial charge in [0, 0.05) is 5.56 Å². The summed E-state index contributed by atoms with van der Waals surface area (Å²) in [5.41, 5.74) is 4.42. The molecule has 1 aliphatic rings. The van der Waals surface area contributed by atoms with Crippen LogP contribution in [0.5, 0.6) is 0 Å². The van der Waals surface area contributed by atoms with Crippen molar-refractivity contribution in [3.05, 3.63) is 54.1 Å². The van der Waals surface area contributed by atoms with Crippen molar-refractivity contribution < 1.29 is 4.74 Å². The summed E-state index contributed by atoms with van der Waals surface area (Å²) in [6.07, 6.45) is 6.79. The molecular formula is C20H22N2O. The van der Waals surface area contributed by atoms with Crippen LogP contribution >= 0.6 is 0 Å². The fourth-order valence-corrected chi connectivity index (χ4v) is 3.40. The lowest BCUT2D eigenvalue weighted by molar-refractivity contribution is 0.0170. The molecule has 1 heterocycles. The monoisotopic (exact) mass is 306 g/mol. The molecule has 0 unspecified atom stereocenters. The fraction of sp³-hybridized carbons (Fsp3) is 0.350. The maximum absolute atomic E-state index is 6.16. The predicted octanol–water partition coefficient (Wildman–Crippen LogP) is 5.08. The fourth-order valence-electron chi connectivity index (χ4n) is 3.40. The van der Waals surface area contributed by atoms with E-state index in [1.807, 2.05) is 18.2 Å². The molecule has 3 aromatic rings. The van der Waals surface area contributed by atoms with Gasteiger partial charge < -0.3 is 9.72 Å². The summed E-state index contributed by atoms with van der Waals surface area (Å²) in [6.45, 7) is 0.665. The van der Waals surface area contributed by atoms with Gasteiger partial charge >= 0.3 is 0 Å². The van der Waals surface area contributed by atoms with E-state index in [-0.39, 0.29) is 0 Å². The molecule has 1 N–H and O–H groups in total. The Labute approximate surface area is 136 Å². The first-order valence-corrected chi connectivity index (χ1v) is 8.55. The predicted molar refractivity (Wildman–Crippen MR) is 93.2 cm³/mol. The van der Waals surface area contributed by atoms with Crippen molar-refractivity contribution in [3.63, 3.8) is 0 Å². The third kappa shape index (κ3) is 3.15. The molecule has 2 aromatic carbocycles. The van der Waals surface area contributed by atoms with E-state index < -0.39 is 0 Å². The number of imidazole rings is 1. The summed E-state index contributed by atoms with van der Waals surface area (Å²) in [4.78, 5) is 8.15. The molecule has 118 valence electrons. The lowest BCUT2D eigenvalue weighted by atomic mass is 9.98. The number of H-pyrrole nitrogens is 1. The molecule has 1 aliphatic carbocycles. The zero-order valence-electron chi connectivity index (χ0n) is 13.3. The Bertz CT molecular complexity index is 754. The first-order chi connectivity index (χ1) is 11.4. The van der Waals surface area contributed by atoms with Gasteiger partial charge in [-0.3, -0.25) is 0 Å². The highest BCUT2D eigenvalue weighted by Gasteiger charge is 2.15. The maximum atomic E-state index is 6.16. The van der Waals surface area contributed by atoms with Gasteiger partial charge in [0.2, 0.25) is 0 Å². The number of hydrogen-bond donors (Lipinski definition) is 1. The number of rotatable bonds is 4. The second-order valence-corrected chi connectivity index (χ2v) is 6.33. The Morgan fingerprint density at radius 3 is 2.61 bits per heavy atom. The molecular weight excluding hydrogens is 284 g/mol. The molecule has 1 aromatic heterocycles. The van der Waals surface area contributed by atoms with Crippen molar-refractivity contribution in [3.8, 4) is 11.4 Å². The van der Waals surface area contributed by atoms with E-state index in [1.54, 1.807) is 0 Å². The topological polar surface area (TPSA) is 37.9 Å². The minimum Gasteiger partial charge on any atom is -0.374 e. The van der Waals surface area contributed by atoms with Crippen LogP contribution in [-0.4, -0.2) is 16.1 Å². The molecule has 0 bridgehead atoms. The number of hydrogen-bond acceptors (Lipinski definition) is 2. The van der Waals surface area contributed by atoms with Crippen LogP contribution in [0.15, 0.2) is 48.5 Å². The number of nitrogens with one attached hydrogen (secondary N) is 1. The van der Waals surface area contributed by atoms with E-state index in [1.165, 1.54) is 37.7 Å². The molecule has 3 nitrogen and oxygen atoms in total. The molecule has 4 rings (SSSR count). The van der Waals surface area contributed by atoms with Crippen LogP contribution in [0.3, 0.4) is 0 Å². The van der Waals surface area contributed by atoms with Crippen molar-refractivity contribution in [1.29, 1.82) is 0 Å². The Morgan fingerprint density at radius 1 is 0.957 bits per heavy atom. The van der Waals surface area contributed by atoms with Crippen molar-refractivity contribution in [2.45, 2.75) is 44.8 Å². The number of para-hydroxylation sites is 2. The Morgan fingerprint density at radius 2 is 1.74 bits per heavy atom. The van der Waals surface area contributed by atoms with Crippen LogP contribution in [0.25, 0.3) is 22.4 Å². The van der Waals surface area contributed by atoms with Gasteiger partial charge in [0.25, 0.3) is 0 Å². The highest BCUT2D eigenvalue weighted by Crippen LogP contribution is 2.26. The Kier molecular flexibility index (Phi) is 4.12. The molecule has 0 atom stereocenters. The molecule has 3 heteroatoms. The molecule has 0 radical (unpaired) electrons. The molecule has 0 saturated heterocycles. The highest BCUT2D eigenvalue weighted by molar-refractivity contribution is 5.79. The van der Waals surface area contributed by atoms with Gasteiger partial charge in [-0.15, -0.1) is 0 Å². The normalized spacial score (nSPS) is 16.0. The third-order valence-corrected chi connectivity index (χ3v) is 4.69. The molecule has 0 aliphatic heterocycles. The second-order valence-electron chi connectivity index (χ2n) is 6.33. The van der Waals surface area contributed by atoms with E-state index >= 15 is 0 Å². The number of ether oxygens (including phenoxy) is 1. The van der Waals surface area contributed by atoms with Crippen LogP contribution < -0.4 is 0 Å². The summed E-state index contributed by atoms with van der Waals surface area (Å²) >= 11 is 0. The lowest BCUT2D eigenvalue weighted by Gasteiger charge is -2.22. The molecule has 0 amide bonds. The quantitative estimate of drug-likeness (QED) is 0.730. The van der Waals surface area contributed by atoms with Crippen LogP contribution in [-0.2, 0) is 11.3 Å². The van der Waals surface area contributed by atoms with Crippen LogP contribution in [0.2, 0.25) is 0 Å². The van der Waals surface area contributed by atoms with Crippen LogP contribution in [0.1, 0.15) is 37.7 Å². The summed E-state index contributed by atoms with van der Waals surface area (Å²) < 4.78 is 6.16. The first kappa shape index (κ1) is 14.5. The zero-order valence-corrected chi connectivity index (χ0v) is 13.3. The smallest absolute Gasteiger partial charge is 0.138 e. The summed E-state index contributed by atoms with van der Waals surface area (Å²) in [7, 11) is 0. The molecule has 1 fully saturated rings. The number of benzene rings is 2. The summed E-state index contributed by atoms with van der Waals surface area (Å²) in [6, 6.07) is 16.6. The minimum atomic E-state index is 0.424. The number of aromatic amines is 1. The van der Waals surface area contributed by atoms with Gasteiger partial charge in [0.1, 0.15) is 5.82 Å². The largest absolute Gasteiger partial charge is 0.374 e. The van der Waals surface area contributed by atoms with Gasteiger partial charge in [-0.1, -0.05) is 55.7 Å². The lowest BCUT2D eigenvalue weighted by Crippen LogP contribution is -2.16. The first-order valence-electron chi connectivity index (χ1n) is 8.55. The van der Waals surface area contributed by atoms with Gasteiger partial charge in [-0.05, 0) is 30.5 Å². The highest BCUT2D eigenvalue weighted by atomic mass is 16.5. The van der Waals surface area contributed by atoms with E-state index in [0.717, 1.165) is 22.4 Å². The Hall–Kier alpha value is -2.13. The van der Waals surface area contributed by atoms with Gasteiger partial charge in [0.15, 0.2) is 0 Å². The zero-order chi connectivity index (χ0) is 15.5. The molecule has 1 saturated carbocycles. The van der Waals surface area contributed by atoms with Crippen molar-refractivity contribution in [2.24, 2.45) is 0 Å². The van der Waals surface area contributed by atoms with Gasteiger partial charge in [-0.2, -0.15) is 0 Å². The van der Waals surface area contributed by atoms with Crippen molar-refractivity contribution in [2.75, 3.05) is 0 Å². The van der Waals surface area contributed by atoms with Gasteiger partial charge in [-0.25, -0.2) is 4.98 Å². The molecule has 23 heavy (non-hydrogen) atoms. The summed E-state index contributed by atoms with van der Waals surface area (Å²) in [5.74, 6) is 0.925. The average Bonchev–Trinajstić information content (AvgIpc) is 3.05. The second kappa shape index (κ2) is 6.55. The van der Waals surface area contributed by atoms with Crippen molar-refractivity contribution >= 4 is 11.0 Å². The van der Waals surface area contributed by atoms with E-state index in [9.17, 15) is 0 Å². The van der Waals surface area contributed by atoms with Gasteiger partial charge in [0.05, 0.1) is 23.7 Å². The maximum Gasteiger partial charge on any atom is 0.138 e. The van der Waals surface area contributed by atoms with Crippen molar-refractivity contribution in [1.82, 2.24) is 9.97 Å². The number of nitrogens with zero attached hydrogens (tertiary/aromatic N) is 1. The number of fused-ring (bicyclic) bond motifs is 1. The minimum absolute atomic E-state index is 0.424. The third-order valence-electron chi connectivity index (χ3n) is 4.69. The van der Waals surface area contributed by atoms with Crippen LogP contribution in [0.4, 0.5) is 0 Å². The van der Waals surface area contributed by atoms with E-state index in [4.69, 9.17) is 9.72 Å². The molecule has 0 spiro atoms. The van der Waals surface area contributed by atoms with Crippen LogP contribution in [0, 0.1) is 0 Å². The Balaban J connectivity index is 1.58. The SMILES string of the molecule is c1ccc(-c2nc3ccccc3[nH]2)c(COC2CCCCC2)c1. The number of aromatic nitrogens is 2. The van der Waals surface area contributed by atoms with E-state index in [2.05, 4.69) is 35.3 Å². The average molecular weight is 306 g/mol. The standard InChI is InChI=1S/C20H22N2O/c1-2-9-16(10-3-1)23-14-15-8-4-5-11-17(15)20-21-18-12-6-7-13-19(18)22-20/h4-8,11-13,16H,1-3,9-10,14H2,(H,21,22).